The van der Waals surface area contributed by atoms with Crippen LogP contribution >= 0.6 is 0 Å². The molecule has 1 heterocycles. The number of piperidine rings is 1. The molecule has 2 N–H and O–H groups in total. The SMILES string of the molecule is CCCNC1CCN(C(C)C(=O)NC(C)(C)CC)CC1. The molecule has 1 rings (SSSR count). The molecule has 20 heavy (non-hydrogen) atoms. The molecule has 0 saturated carbocycles. The standard InChI is InChI=1S/C16H33N3O/c1-6-10-17-14-8-11-19(12-9-14)13(3)15(20)18-16(4,5)7-2/h13-14,17H,6-12H2,1-5H3,(H,18,20). The lowest BCUT2D eigenvalue weighted by atomic mass is 10.00. The van der Waals surface area contributed by atoms with E-state index in [1.54, 1.807) is 0 Å². The summed E-state index contributed by atoms with van der Waals surface area (Å²) in [4.78, 5) is 14.6. The van der Waals surface area contributed by atoms with Crippen molar-refractivity contribution in [3.63, 3.8) is 0 Å². The first kappa shape index (κ1) is 17.4. The van der Waals surface area contributed by atoms with E-state index in [0.717, 1.165) is 38.9 Å². The third kappa shape index (κ3) is 5.41. The van der Waals surface area contributed by atoms with Crippen molar-refractivity contribution in [2.45, 2.75) is 77.9 Å². The quantitative estimate of drug-likeness (QED) is 0.752. The van der Waals surface area contributed by atoms with Crippen LogP contribution in [0.2, 0.25) is 0 Å². The van der Waals surface area contributed by atoms with E-state index >= 15 is 0 Å². The van der Waals surface area contributed by atoms with Gasteiger partial charge in [0, 0.05) is 24.7 Å². The zero-order chi connectivity index (χ0) is 15.2. The Labute approximate surface area is 124 Å². The maximum atomic E-state index is 12.3. The van der Waals surface area contributed by atoms with Crippen LogP contribution in [0.5, 0.6) is 0 Å². The van der Waals surface area contributed by atoms with E-state index in [1.807, 2.05) is 6.92 Å². The van der Waals surface area contributed by atoms with Crippen molar-refractivity contribution in [1.29, 1.82) is 0 Å². The summed E-state index contributed by atoms with van der Waals surface area (Å²) in [6, 6.07) is 0.612. The highest BCUT2D eigenvalue weighted by molar-refractivity contribution is 5.82. The van der Waals surface area contributed by atoms with Crippen molar-refractivity contribution in [3.8, 4) is 0 Å². The van der Waals surface area contributed by atoms with Crippen LogP contribution in [0.15, 0.2) is 0 Å². The normalized spacial score (nSPS) is 19.9. The summed E-state index contributed by atoms with van der Waals surface area (Å²) < 4.78 is 0. The predicted molar refractivity (Wildman–Crippen MR) is 84.9 cm³/mol. The van der Waals surface area contributed by atoms with Gasteiger partial charge in [0.15, 0.2) is 0 Å². The van der Waals surface area contributed by atoms with Crippen LogP contribution in [-0.2, 0) is 4.79 Å². The first-order valence-electron chi connectivity index (χ1n) is 8.19. The van der Waals surface area contributed by atoms with E-state index in [0.29, 0.717) is 6.04 Å². The van der Waals surface area contributed by atoms with Crippen molar-refractivity contribution in [3.05, 3.63) is 0 Å². The largest absolute Gasteiger partial charge is 0.350 e. The Bertz CT molecular complexity index is 296. The summed E-state index contributed by atoms with van der Waals surface area (Å²) >= 11 is 0. The van der Waals surface area contributed by atoms with E-state index in [4.69, 9.17) is 0 Å². The molecule has 1 amide bonds. The number of likely N-dealkylation sites (tertiary alicyclic amines) is 1. The molecular weight excluding hydrogens is 250 g/mol. The Balaban J connectivity index is 2.38. The Morgan fingerprint density at radius 3 is 2.40 bits per heavy atom. The second-order valence-electron chi connectivity index (χ2n) is 6.67. The molecule has 0 spiro atoms. The molecule has 0 radical (unpaired) electrons. The molecule has 0 aliphatic carbocycles. The van der Waals surface area contributed by atoms with Crippen LogP contribution in [0, 0.1) is 0 Å². The van der Waals surface area contributed by atoms with Gasteiger partial charge in [-0.3, -0.25) is 9.69 Å². The molecule has 1 fully saturated rings. The maximum absolute atomic E-state index is 12.3. The topological polar surface area (TPSA) is 44.4 Å². The van der Waals surface area contributed by atoms with Crippen LogP contribution in [0.4, 0.5) is 0 Å². The Hall–Kier alpha value is -0.610. The number of hydrogen-bond donors (Lipinski definition) is 2. The van der Waals surface area contributed by atoms with Gasteiger partial charge in [-0.25, -0.2) is 0 Å². The number of nitrogens with zero attached hydrogens (tertiary/aromatic N) is 1. The third-order valence-corrected chi connectivity index (χ3v) is 4.49. The maximum Gasteiger partial charge on any atom is 0.237 e. The number of carbonyl (C=O) groups excluding carboxylic acids is 1. The van der Waals surface area contributed by atoms with Gasteiger partial charge < -0.3 is 10.6 Å². The summed E-state index contributed by atoms with van der Waals surface area (Å²) in [6.45, 7) is 13.6. The fourth-order valence-corrected chi connectivity index (χ4v) is 2.53. The molecule has 0 bridgehead atoms. The molecule has 1 unspecified atom stereocenters. The van der Waals surface area contributed by atoms with Gasteiger partial charge in [-0.15, -0.1) is 0 Å². The van der Waals surface area contributed by atoms with Crippen molar-refractivity contribution >= 4 is 5.91 Å². The first-order chi connectivity index (χ1) is 9.39. The van der Waals surface area contributed by atoms with Crippen LogP contribution in [0.25, 0.3) is 0 Å². The van der Waals surface area contributed by atoms with Crippen LogP contribution in [0.3, 0.4) is 0 Å². The van der Waals surface area contributed by atoms with Gasteiger partial charge in [-0.05, 0) is 53.0 Å². The summed E-state index contributed by atoms with van der Waals surface area (Å²) in [6.07, 6.45) is 4.43. The van der Waals surface area contributed by atoms with E-state index in [-0.39, 0.29) is 17.5 Å². The van der Waals surface area contributed by atoms with E-state index in [2.05, 4.69) is 43.2 Å². The summed E-state index contributed by atoms with van der Waals surface area (Å²) in [5, 5.41) is 6.73. The van der Waals surface area contributed by atoms with Crippen molar-refractivity contribution in [2.75, 3.05) is 19.6 Å². The number of carbonyl (C=O) groups is 1. The van der Waals surface area contributed by atoms with Crippen molar-refractivity contribution < 1.29 is 4.79 Å². The number of amides is 1. The average Bonchev–Trinajstić information content (AvgIpc) is 2.44. The number of nitrogens with one attached hydrogen (secondary N) is 2. The molecule has 1 saturated heterocycles. The minimum absolute atomic E-state index is 0.0204. The van der Waals surface area contributed by atoms with E-state index < -0.39 is 0 Å². The lowest BCUT2D eigenvalue weighted by Crippen LogP contribution is -2.54. The minimum Gasteiger partial charge on any atom is -0.350 e. The molecule has 1 atom stereocenters. The van der Waals surface area contributed by atoms with Gasteiger partial charge in [0.2, 0.25) is 5.91 Å². The smallest absolute Gasteiger partial charge is 0.237 e. The Morgan fingerprint density at radius 1 is 1.30 bits per heavy atom. The highest BCUT2D eigenvalue weighted by Gasteiger charge is 2.28. The van der Waals surface area contributed by atoms with E-state index in [9.17, 15) is 4.79 Å². The second-order valence-corrected chi connectivity index (χ2v) is 6.67. The predicted octanol–water partition coefficient (Wildman–Crippen LogP) is 2.14. The van der Waals surface area contributed by atoms with Crippen LogP contribution in [-0.4, -0.2) is 48.1 Å². The fraction of sp³-hybridized carbons (Fsp3) is 0.938. The molecule has 118 valence electrons. The highest BCUT2D eigenvalue weighted by atomic mass is 16.2. The lowest BCUT2D eigenvalue weighted by Gasteiger charge is -2.37. The van der Waals surface area contributed by atoms with E-state index in [1.165, 1.54) is 6.42 Å². The van der Waals surface area contributed by atoms with Gasteiger partial charge in [0.25, 0.3) is 0 Å². The lowest BCUT2D eigenvalue weighted by molar-refractivity contribution is -0.128. The summed E-state index contributed by atoms with van der Waals surface area (Å²) in [7, 11) is 0. The van der Waals surface area contributed by atoms with Gasteiger partial charge in [-0.1, -0.05) is 13.8 Å². The van der Waals surface area contributed by atoms with Gasteiger partial charge in [0.1, 0.15) is 0 Å². The minimum atomic E-state index is -0.105. The first-order valence-corrected chi connectivity index (χ1v) is 8.19. The molecule has 0 aromatic rings. The number of rotatable bonds is 7. The Kier molecular flexibility index (Phi) is 6.96. The van der Waals surface area contributed by atoms with Crippen molar-refractivity contribution in [1.82, 2.24) is 15.5 Å². The molecule has 1 aliphatic heterocycles. The molecule has 1 aliphatic rings. The van der Waals surface area contributed by atoms with Crippen LogP contribution < -0.4 is 10.6 Å². The number of hydrogen-bond acceptors (Lipinski definition) is 3. The van der Waals surface area contributed by atoms with Gasteiger partial charge >= 0.3 is 0 Å². The molecule has 4 heteroatoms. The fourth-order valence-electron chi connectivity index (χ4n) is 2.53. The average molecular weight is 283 g/mol. The summed E-state index contributed by atoms with van der Waals surface area (Å²) in [5.41, 5.74) is -0.105. The van der Waals surface area contributed by atoms with Gasteiger partial charge in [0.05, 0.1) is 6.04 Å². The molecule has 0 aromatic heterocycles. The second kappa shape index (κ2) is 7.99. The Morgan fingerprint density at radius 2 is 1.90 bits per heavy atom. The molecule has 0 aromatic carbocycles. The van der Waals surface area contributed by atoms with Crippen LogP contribution in [0.1, 0.15) is 60.3 Å². The monoisotopic (exact) mass is 283 g/mol. The molecular formula is C16H33N3O. The third-order valence-electron chi connectivity index (χ3n) is 4.49. The summed E-state index contributed by atoms with van der Waals surface area (Å²) in [5.74, 6) is 0.164. The highest BCUT2D eigenvalue weighted by Crippen LogP contribution is 2.15. The van der Waals surface area contributed by atoms with Crippen molar-refractivity contribution in [2.24, 2.45) is 0 Å². The molecule has 4 nitrogen and oxygen atoms in total. The zero-order valence-corrected chi connectivity index (χ0v) is 14.0. The zero-order valence-electron chi connectivity index (χ0n) is 14.0. The van der Waals surface area contributed by atoms with Gasteiger partial charge in [-0.2, -0.15) is 0 Å².